The molecule has 0 radical (unpaired) electrons. The molecular formula is C18H29BrIN5O. The van der Waals surface area contributed by atoms with Gasteiger partial charge in [-0.15, -0.1) is 24.0 Å². The summed E-state index contributed by atoms with van der Waals surface area (Å²) in [6.07, 6.45) is 1.69. The van der Waals surface area contributed by atoms with Gasteiger partial charge in [0.15, 0.2) is 10.6 Å². The maximum atomic E-state index is 5.51. The molecule has 0 saturated carbocycles. The van der Waals surface area contributed by atoms with Crippen molar-refractivity contribution < 1.29 is 4.42 Å². The van der Waals surface area contributed by atoms with Gasteiger partial charge in [0.25, 0.3) is 0 Å². The van der Waals surface area contributed by atoms with Gasteiger partial charge in [-0.1, -0.05) is 0 Å². The van der Waals surface area contributed by atoms with E-state index < -0.39 is 0 Å². The zero-order valence-corrected chi connectivity index (χ0v) is 20.0. The molecule has 6 nitrogen and oxygen atoms in total. The van der Waals surface area contributed by atoms with Crippen molar-refractivity contribution in [3.8, 4) is 0 Å². The summed E-state index contributed by atoms with van der Waals surface area (Å²) in [6, 6.07) is 4.14. The zero-order chi connectivity index (χ0) is 18.4. The van der Waals surface area contributed by atoms with Gasteiger partial charge in [-0.25, -0.2) is 0 Å². The Morgan fingerprint density at radius 1 is 1.38 bits per heavy atom. The molecule has 0 fully saturated rings. The standard InChI is InChI=1S/C18H28BrN5O.HI/c1-6-20-18(21-10-9-15-7-8-17(19)25-15)22-12(2)11-16-13(3)23-24(5)14(16)4;/h7-8,12H,6,9-11H2,1-5H3,(H2,20,21,22);1H. The van der Waals surface area contributed by atoms with Gasteiger partial charge in [0, 0.05) is 38.3 Å². The smallest absolute Gasteiger partial charge is 0.191 e. The van der Waals surface area contributed by atoms with E-state index in [9.17, 15) is 0 Å². The molecule has 26 heavy (non-hydrogen) atoms. The van der Waals surface area contributed by atoms with E-state index in [1.54, 1.807) is 0 Å². The van der Waals surface area contributed by atoms with Crippen LogP contribution >= 0.6 is 39.9 Å². The second kappa shape index (κ2) is 11.0. The van der Waals surface area contributed by atoms with Crippen molar-refractivity contribution in [1.82, 2.24) is 20.4 Å². The second-order valence-electron chi connectivity index (χ2n) is 6.24. The number of aryl methyl sites for hydroxylation is 2. The van der Waals surface area contributed by atoms with Crippen LogP contribution in [0.1, 0.15) is 36.6 Å². The van der Waals surface area contributed by atoms with Crippen LogP contribution in [0.5, 0.6) is 0 Å². The molecule has 0 aliphatic heterocycles. The van der Waals surface area contributed by atoms with E-state index in [2.05, 4.69) is 64.3 Å². The summed E-state index contributed by atoms with van der Waals surface area (Å²) < 4.78 is 8.21. The summed E-state index contributed by atoms with van der Waals surface area (Å²) >= 11 is 3.32. The summed E-state index contributed by atoms with van der Waals surface area (Å²) in [4.78, 5) is 4.65. The summed E-state index contributed by atoms with van der Waals surface area (Å²) in [6.45, 7) is 9.92. The monoisotopic (exact) mass is 537 g/mol. The van der Waals surface area contributed by atoms with Crippen LogP contribution in [0.4, 0.5) is 0 Å². The minimum atomic E-state index is 0. The van der Waals surface area contributed by atoms with Gasteiger partial charge in [-0.3, -0.25) is 9.67 Å². The molecule has 146 valence electrons. The summed E-state index contributed by atoms with van der Waals surface area (Å²) in [5.74, 6) is 1.76. The SMILES string of the molecule is CCNC(=NCCc1ccc(Br)o1)NC(C)Cc1c(C)nn(C)c1C.I. The van der Waals surface area contributed by atoms with E-state index >= 15 is 0 Å². The van der Waals surface area contributed by atoms with Crippen LogP contribution in [0.3, 0.4) is 0 Å². The average molecular weight is 538 g/mol. The van der Waals surface area contributed by atoms with E-state index in [4.69, 9.17) is 4.42 Å². The van der Waals surface area contributed by atoms with E-state index in [0.717, 1.165) is 41.5 Å². The highest BCUT2D eigenvalue weighted by Crippen LogP contribution is 2.15. The molecule has 1 atom stereocenters. The molecule has 0 amide bonds. The Morgan fingerprint density at radius 3 is 2.65 bits per heavy atom. The molecule has 0 aromatic carbocycles. The molecule has 2 aromatic heterocycles. The Labute approximate surface area is 181 Å². The number of furan rings is 1. The van der Waals surface area contributed by atoms with Crippen LogP contribution in [0, 0.1) is 13.8 Å². The molecule has 0 saturated heterocycles. The third-order valence-electron chi connectivity index (χ3n) is 4.15. The van der Waals surface area contributed by atoms with Gasteiger partial charge in [0.2, 0.25) is 0 Å². The van der Waals surface area contributed by atoms with Crippen molar-refractivity contribution in [3.05, 3.63) is 39.5 Å². The van der Waals surface area contributed by atoms with Crippen molar-refractivity contribution >= 4 is 45.9 Å². The molecule has 2 heterocycles. The van der Waals surface area contributed by atoms with E-state index in [1.165, 1.54) is 11.3 Å². The summed E-state index contributed by atoms with van der Waals surface area (Å²) in [5.41, 5.74) is 3.62. The third kappa shape index (κ3) is 6.61. The number of halogens is 2. The lowest BCUT2D eigenvalue weighted by atomic mass is 10.1. The van der Waals surface area contributed by atoms with Gasteiger partial charge in [0.05, 0.1) is 5.69 Å². The lowest BCUT2D eigenvalue weighted by Crippen LogP contribution is -2.43. The van der Waals surface area contributed by atoms with Crippen LogP contribution in [0.2, 0.25) is 0 Å². The van der Waals surface area contributed by atoms with E-state index in [-0.39, 0.29) is 30.0 Å². The Balaban J connectivity index is 0.00000338. The van der Waals surface area contributed by atoms with E-state index in [1.807, 2.05) is 23.9 Å². The first-order valence-corrected chi connectivity index (χ1v) is 9.48. The number of hydrogen-bond acceptors (Lipinski definition) is 3. The van der Waals surface area contributed by atoms with Crippen molar-refractivity contribution in [2.45, 2.75) is 46.6 Å². The van der Waals surface area contributed by atoms with Crippen molar-refractivity contribution in [2.75, 3.05) is 13.1 Å². The Hall–Kier alpha value is -1.03. The number of nitrogens with zero attached hydrogens (tertiary/aromatic N) is 3. The van der Waals surface area contributed by atoms with Crippen LogP contribution in [-0.2, 0) is 19.9 Å². The van der Waals surface area contributed by atoms with Crippen LogP contribution in [-0.4, -0.2) is 34.9 Å². The van der Waals surface area contributed by atoms with Crippen LogP contribution in [0.15, 0.2) is 26.2 Å². The second-order valence-corrected chi connectivity index (χ2v) is 7.02. The number of aliphatic imine (C=N–C) groups is 1. The molecule has 8 heteroatoms. The average Bonchev–Trinajstić information content (AvgIpc) is 3.06. The fourth-order valence-electron chi connectivity index (χ4n) is 2.79. The van der Waals surface area contributed by atoms with Crippen molar-refractivity contribution in [2.24, 2.45) is 12.0 Å². The van der Waals surface area contributed by atoms with Crippen LogP contribution < -0.4 is 10.6 Å². The first-order chi connectivity index (χ1) is 11.9. The fourth-order valence-corrected chi connectivity index (χ4v) is 3.13. The molecule has 2 N–H and O–H groups in total. The summed E-state index contributed by atoms with van der Waals surface area (Å²) in [5, 5.41) is 11.3. The van der Waals surface area contributed by atoms with Gasteiger partial charge in [-0.05, 0) is 67.7 Å². The quantitative estimate of drug-likeness (QED) is 0.321. The Kier molecular flexibility index (Phi) is 9.70. The fraction of sp³-hybridized carbons (Fsp3) is 0.556. The molecular weight excluding hydrogens is 509 g/mol. The number of hydrogen-bond donors (Lipinski definition) is 2. The minimum Gasteiger partial charge on any atom is -0.454 e. The number of rotatable bonds is 7. The number of guanidine groups is 1. The highest BCUT2D eigenvalue weighted by Gasteiger charge is 2.14. The molecule has 0 spiro atoms. The van der Waals surface area contributed by atoms with Gasteiger partial charge in [-0.2, -0.15) is 5.10 Å². The highest BCUT2D eigenvalue weighted by atomic mass is 127. The minimum absolute atomic E-state index is 0. The lowest BCUT2D eigenvalue weighted by molar-refractivity contribution is 0.489. The Morgan fingerprint density at radius 2 is 2.12 bits per heavy atom. The Bertz CT molecular complexity index is 725. The molecule has 0 aliphatic carbocycles. The largest absolute Gasteiger partial charge is 0.454 e. The molecule has 1 unspecified atom stereocenters. The zero-order valence-electron chi connectivity index (χ0n) is 16.1. The number of aromatic nitrogens is 2. The normalized spacial score (nSPS) is 12.6. The van der Waals surface area contributed by atoms with Crippen molar-refractivity contribution in [3.63, 3.8) is 0 Å². The predicted molar refractivity (Wildman–Crippen MR) is 120 cm³/mol. The molecule has 0 aliphatic rings. The lowest BCUT2D eigenvalue weighted by Gasteiger charge is -2.18. The topological polar surface area (TPSA) is 67.4 Å². The predicted octanol–water partition coefficient (Wildman–Crippen LogP) is 3.74. The first-order valence-electron chi connectivity index (χ1n) is 8.68. The summed E-state index contributed by atoms with van der Waals surface area (Å²) in [7, 11) is 1.99. The maximum Gasteiger partial charge on any atom is 0.191 e. The van der Waals surface area contributed by atoms with Crippen LogP contribution in [0.25, 0.3) is 0 Å². The molecule has 2 aromatic rings. The first kappa shape index (κ1) is 23.0. The van der Waals surface area contributed by atoms with Crippen molar-refractivity contribution in [1.29, 1.82) is 0 Å². The van der Waals surface area contributed by atoms with Gasteiger partial charge >= 0.3 is 0 Å². The molecule has 2 rings (SSSR count). The highest BCUT2D eigenvalue weighted by molar-refractivity contribution is 14.0. The third-order valence-corrected chi connectivity index (χ3v) is 4.58. The number of nitrogens with one attached hydrogen (secondary N) is 2. The molecule has 0 bridgehead atoms. The van der Waals surface area contributed by atoms with Gasteiger partial charge < -0.3 is 15.1 Å². The maximum absolute atomic E-state index is 5.51. The van der Waals surface area contributed by atoms with E-state index in [0.29, 0.717) is 6.54 Å². The van der Waals surface area contributed by atoms with Gasteiger partial charge in [0.1, 0.15) is 5.76 Å².